The molecule has 0 aliphatic heterocycles. The second-order valence-electron chi connectivity index (χ2n) is 9.32. The van der Waals surface area contributed by atoms with Crippen LogP contribution in [0.25, 0.3) is 16.8 Å². The van der Waals surface area contributed by atoms with Crippen LogP contribution in [0.5, 0.6) is 11.5 Å². The number of nitrogen functional groups attached to an aromatic ring is 1. The number of aromatic nitrogens is 1. The third-order valence-electron chi connectivity index (χ3n) is 5.52. The highest BCUT2D eigenvalue weighted by molar-refractivity contribution is 5.78. The Morgan fingerprint density at radius 1 is 1.00 bits per heavy atom. The smallest absolute Gasteiger partial charge is 0.410 e. The van der Waals surface area contributed by atoms with Crippen LogP contribution in [0.1, 0.15) is 26.3 Å². The quantitative estimate of drug-likeness (QED) is 0.417. The van der Waals surface area contributed by atoms with Gasteiger partial charge < -0.3 is 34.1 Å². The maximum Gasteiger partial charge on any atom is 0.410 e. The number of hydrogen-bond acceptors (Lipinski definition) is 7. The monoisotopic (exact) mass is 506 g/mol. The normalized spacial score (nSPS) is 11.0. The molecule has 3 aromatic rings. The van der Waals surface area contributed by atoms with Crippen LogP contribution in [0.15, 0.2) is 54.7 Å². The van der Waals surface area contributed by atoms with Gasteiger partial charge in [-0.1, -0.05) is 12.1 Å². The highest BCUT2D eigenvalue weighted by Gasteiger charge is 2.22. The lowest BCUT2D eigenvalue weighted by Gasteiger charge is -2.27. The van der Waals surface area contributed by atoms with Crippen molar-refractivity contribution in [1.82, 2.24) is 9.47 Å². The van der Waals surface area contributed by atoms with Crippen molar-refractivity contribution in [3.8, 4) is 34.4 Å². The number of ether oxygens (including phenoxy) is 4. The Labute approximate surface area is 217 Å². The first-order valence-electron chi connectivity index (χ1n) is 11.9. The number of carbonyl (C=O) groups is 1. The van der Waals surface area contributed by atoms with Gasteiger partial charge in [0.1, 0.15) is 41.2 Å². The predicted octanol–water partition coefficient (Wildman–Crippen LogP) is 4.87. The fraction of sp³-hybridized carbons (Fsp3) is 0.357. The maximum atomic E-state index is 12.5. The minimum Gasteiger partial charge on any atom is -0.497 e. The molecule has 196 valence electrons. The van der Waals surface area contributed by atoms with Gasteiger partial charge in [-0.15, -0.1) is 0 Å². The van der Waals surface area contributed by atoms with Gasteiger partial charge in [0.25, 0.3) is 0 Å². The Morgan fingerprint density at radius 2 is 1.62 bits per heavy atom. The number of carbonyl (C=O) groups excluding carboxylic acids is 1. The standard InChI is InChI=1S/C28H34N4O5/c1-28(2,3)37-27(33)31(14-16-34-4)15-17-36-23-12-8-21(9-13-23)32-19-25(24(18-29)26(32)30)20-6-10-22(35-5)11-7-20/h6-13,19H,14-17,30H2,1-5H3. The number of benzene rings is 2. The lowest BCUT2D eigenvalue weighted by Crippen LogP contribution is -2.40. The average Bonchev–Trinajstić information content (AvgIpc) is 3.21. The van der Waals surface area contributed by atoms with Crippen molar-refractivity contribution in [2.45, 2.75) is 26.4 Å². The largest absolute Gasteiger partial charge is 0.497 e. The number of hydrogen-bond donors (Lipinski definition) is 1. The van der Waals surface area contributed by atoms with E-state index >= 15 is 0 Å². The van der Waals surface area contributed by atoms with Gasteiger partial charge in [0, 0.05) is 31.1 Å². The van der Waals surface area contributed by atoms with E-state index in [4.69, 9.17) is 24.7 Å². The summed E-state index contributed by atoms with van der Waals surface area (Å²) in [5, 5.41) is 9.73. The molecule has 0 bridgehead atoms. The Bertz CT molecular complexity index is 1220. The molecular formula is C28H34N4O5. The summed E-state index contributed by atoms with van der Waals surface area (Å²) >= 11 is 0. The summed E-state index contributed by atoms with van der Waals surface area (Å²) in [5.74, 6) is 1.73. The summed E-state index contributed by atoms with van der Waals surface area (Å²) in [7, 11) is 3.19. The van der Waals surface area contributed by atoms with Crippen LogP contribution in [-0.2, 0) is 9.47 Å². The van der Waals surface area contributed by atoms with Crippen LogP contribution in [0.4, 0.5) is 10.6 Å². The molecule has 0 aliphatic carbocycles. The second kappa shape index (κ2) is 12.2. The van der Waals surface area contributed by atoms with Crippen LogP contribution in [0.2, 0.25) is 0 Å². The molecular weight excluding hydrogens is 472 g/mol. The molecule has 0 fully saturated rings. The summed E-state index contributed by atoms with van der Waals surface area (Å²) in [5.41, 5.74) is 8.54. The van der Waals surface area contributed by atoms with E-state index in [0.717, 1.165) is 22.6 Å². The molecule has 2 aromatic carbocycles. The van der Waals surface area contributed by atoms with Gasteiger partial charge in [0.05, 0.1) is 20.3 Å². The summed E-state index contributed by atoms with van der Waals surface area (Å²) in [4.78, 5) is 14.0. The fourth-order valence-electron chi connectivity index (χ4n) is 3.64. The number of methoxy groups -OCH3 is 2. The van der Waals surface area contributed by atoms with E-state index in [-0.39, 0.29) is 6.61 Å². The average molecular weight is 507 g/mol. The molecule has 0 unspecified atom stereocenters. The van der Waals surface area contributed by atoms with Crippen LogP contribution in [0.3, 0.4) is 0 Å². The van der Waals surface area contributed by atoms with Crippen molar-refractivity contribution in [3.63, 3.8) is 0 Å². The van der Waals surface area contributed by atoms with E-state index in [2.05, 4.69) is 6.07 Å². The van der Waals surface area contributed by atoms with Crippen molar-refractivity contribution in [3.05, 3.63) is 60.3 Å². The molecule has 3 rings (SSSR count). The van der Waals surface area contributed by atoms with Crippen LogP contribution in [0, 0.1) is 11.3 Å². The van der Waals surface area contributed by atoms with Crippen molar-refractivity contribution in [1.29, 1.82) is 5.26 Å². The van der Waals surface area contributed by atoms with Crippen molar-refractivity contribution in [2.75, 3.05) is 46.3 Å². The van der Waals surface area contributed by atoms with Crippen molar-refractivity contribution < 1.29 is 23.7 Å². The van der Waals surface area contributed by atoms with Crippen molar-refractivity contribution in [2.24, 2.45) is 0 Å². The SMILES string of the molecule is COCCN(CCOc1ccc(-n2cc(-c3ccc(OC)cc3)c(C#N)c2N)cc1)C(=O)OC(C)(C)C. The molecule has 0 spiro atoms. The van der Waals surface area contributed by atoms with E-state index in [1.165, 1.54) is 0 Å². The fourth-order valence-corrected chi connectivity index (χ4v) is 3.64. The molecule has 0 saturated carbocycles. The maximum absolute atomic E-state index is 12.5. The zero-order chi connectivity index (χ0) is 27.0. The Hall–Kier alpha value is -4.16. The van der Waals surface area contributed by atoms with Gasteiger partial charge in [0.2, 0.25) is 0 Å². The number of anilines is 1. The molecule has 0 radical (unpaired) electrons. The van der Waals surface area contributed by atoms with Crippen LogP contribution in [-0.4, -0.2) is 61.7 Å². The summed E-state index contributed by atoms with van der Waals surface area (Å²) < 4.78 is 23.4. The van der Waals surface area contributed by atoms with Gasteiger partial charge in [-0.25, -0.2) is 4.79 Å². The third-order valence-corrected chi connectivity index (χ3v) is 5.52. The number of amides is 1. The molecule has 37 heavy (non-hydrogen) atoms. The Kier molecular flexibility index (Phi) is 9.04. The molecule has 1 aromatic heterocycles. The Morgan fingerprint density at radius 3 is 2.19 bits per heavy atom. The predicted molar refractivity (Wildman–Crippen MR) is 142 cm³/mol. The molecule has 1 amide bonds. The summed E-state index contributed by atoms with van der Waals surface area (Å²) in [6.45, 7) is 6.92. The van der Waals surface area contributed by atoms with E-state index < -0.39 is 11.7 Å². The minimum atomic E-state index is -0.585. The number of nitrogens with zero attached hydrogens (tertiary/aromatic N) is 3. The van der Waals surface area contributed by atoms with Gasteiger partial charge >= 0.3 is 6.09 Å². The minimum absolute atomic E-state index is 0.286. The Balaban J connectivity index is 1.70. The third kappa shape index (κ3) is 7.18. The van der Waals surface area contributed by atoms with Gasteiger partial charge in [-0.3, -0.25) is 0 Å². The molecule has 9 nitrogen and oxygen atoms in total. The lowest BCUT2D eigenvalue weighted by molar-refractivity contribution is 0.0177. The van der Waals surface area contributed by atoms with Crippen LogP contribution < -0.4 is 15.2 Å². The topological polar surface area (TPSA) is 112 Å². The zero-order valence-electron chi connectivity index (χ0n) is 22.0. The van der Waals surface area contributed by atoms with E-state index in [1.54, 1.807) is 23.7 Å². The highest BCUT2D eigenvalue weighted by atomic mass is 16.6. The highest BCUT2D eigenvalue weighted by Crippen LogP contribution is 2.33. The summed E-state index contributed by atoms with van der Waals surface area (Å²) in [6, 6.07) is 17.0. The molecule has 2 N–H and O–H groups in total. The first-order valence-corrected chi connectivity index (χ1v) is 11.9. The molecule has 0 atom stereocenters. The zero-order valence-corrected chi connectivity index (χ0v) is 22.0. The van der Waals surface area contributed by atoms with E-state index in [9.17, 15) is 10.1 Å². The van der Waals surface area contributed by atoms with E-state index in [1.807, 2.05) is 75.5 Å². The second-order valence-corrected chi connectivity index (χ2v) is 9.32. The summed E-state index contributed by atoms with van der Waals surface area (Å²) in [6.07, 6.45) is 1.44. The molecule has 1 heterocycles. The van der Waals surface area contributed by atoms with Crippen LogP contribution >= 0.6 is 0 Å². The van der Waals surface area contributed by atoms with Gasteiger partial charge in [0.15, 0.2) is 0 Å². The lowest BCUT2D eigenvalue weighted by atomic mass is 10.0. The number of nitriles is 1. The molecule has 9 heteroatoms. The van der Waals surface area contributed by atoms with E-state index in [0.29, 0.717) is 36.8 Å². The number of rotatable bonds is 10. The van der Waals surface area contributed by atoms with Gasteiger partial charge in [-0.05, 0) is 62.7 Å². The first-order chi connectivity index (χ1) is 17.7. The molecule has 0 saturated heterocycles. The molecule has 0 aliphatic rings. The first kappa shape index (κ1) is 27.4. The van der Waals surface area contributed by atoms with Gasteiger partial charge in [-0.2, -0.15) is 5.26 Å². The number of nitrogens with two attached hydrogens (primary N) is 1. The van der Waals surface area contributed by atoms with Crippen molar-refractivity contribution >= 4 is 11.9 Å².